The number of hydrogen-bond acceptors (Lipinski definition) is 3. The minimum absolute atomic E-state index is 0.00871. The predicted molar refractivity (Wildman–Crippen MR) is 74.1 cm³/mol. The van der Waals surface area contributed by atoms with Gasteiger partial charge in [0.1, 0.15) is 12.4 Å². The molecule has 1 amide bonds. The Balaban J connectivity index is 1.76. The summed E-state index contributed by atoms with van der Waals surface area (Å²) >= 11 is 0. The molecule has 2 aliphatic heterocycles. The number of ether oxygens (including phenoxy) is 1. The highest BCUT2D eigenvalue weighted by atomic mass is 19.1. The Morgan fingerprint density at radius 3 is 2.75 bits per heavy atom. The average molecular weight is 278 g/mol. The lowest BCUT2D eigenvalue weighted by Crippen LogP contribution is -2.51. The Hall–Kier alpha value is -1.46. The fourth-order valence-corrected chi connectivity index (χ4v) is 3.00. The summed E-state index contributed by atoms with van der Waals surface area (Å²) in [6, 6.07) is 6.42. The fraction of sp³-hybridized carbons (Fsp3) is 0.533. The number of carbonyl (C=O) groups is 1. The molecule has 1 N–H and O–H groups in total. The van der Waals surface area contributed by atoms with Gasteiger partial charge in [-0.1, -0.05) is 12.1 Å². The lowest BCUT2D eigenvalue weighted by Gasteiger charge is -2.38. The number of rotatable bonds is 2. The van der Waals surface area contributed by atoms with Gasteiger partial charge in [0.2, 0.25) is 0 Å². The molecule has 5 heteroatoms. The van der Waals surface area contributed by atoms with Gasteiger partial charge in [0.15, 0.2) is 0 Å². The van der Waals surface area contributed by atoms with Crippen molar-refractivity contribution >= 4 is 11.6 Å². The molecule has 2 heterocycles. The van der Waals surface area contributed by atoms with Crippen molar-refractivity contribution < 1.29 is 13.9 Å². The van der Waals surface area contributed by atoms with Crippen molar-refractivity contribution in [1.82, 2.24) is 5.32 Å². The van der Waals surface area contributed by atoms with Gasteiger partial charge in [0.05, 0.1) is 18.3 Å². The molecule has 108 valence electrons. The first-order chi connectivity index (χ1) is 9.75. The van der Waals surface area contributed by atoms with E-state index in [2.05, 4.69) is 5.32 Å². The molecule has 1 atom stereocenters. The van der Waals surface area contributed by atoms with Crippen molar-refractivity contribution in [3.63, 3.8) is 0 Å². The van der Waals surface area contributed by atoms with E-state index in [9.17, 15) is 9.18 Å². The van der Waals surface area contributed by atoms with Crippen LogP contribution < -0.4 is 10.2 Å². The van der Waals surface area contributed by atoms with Crippen LogP contribution in [0.2, 0.25) is 0 Å². The number of halogens is 1. The zero-order chi connectivity index (χ0) is 13.9. The Labute approximate surface area is 117 Å². The van der Waals surface area contributed by atoms with E-state index in [1.165, 1.54) is 11.0 Å². The topological polar surface area (TPSA) is 41.6 Å². The van der Waals surface area contributed by atoms with Crippen molar-refractivity contribution in [3.8, 4) is 0 Å². The third-order valence-electron chi connectivity index (χ3n) is 4.14. The number of carbonyl (C=O) groups excluding carboxylic acids is 1. The summed E-state index contributed by atoms with van der Waals surface area (Å²) in [4.78, 5) is 13.5. The largest absolute Gasteiger partial charge is 0.366 e. The van der Waals surface area contributed by atoms with Gasteiger partial charge < -0.3 is 15.0 Å². The van der Waals surface area contributed by atoms with Crippen LogP contribution in [0.25, 0.3) is 0 Å². The quantitative estimate of drug-likeness (QED) is 0.892. The van der Waals surface area contributed by atoms with Crippen LogP contribution in [0.4, 0.5) is 10.1 Å². The standard InChI is InChI=1S/C15H19FN2O2/c16-12-3-1-2-4-13(12)18-9-14(20-10-15(18)19)11-5-7-17-8-6-11/h1-4,11,14,17H,5-10H2. The summed E-state index contributed by atoms with van der Waals surface area (Å²) in [6.07, 6.45) is 2.10. The highest BCUT2D eigenvalue weighted by molar-refractivity contribution is 5.95. The minimum Gasteiger partial charge on any atom is -0.366 e. The van der Waals surface area contributed by atoms with Gasteiger partial charge in [-0.3, -0.25) is 4.79 Å². The number of para-hydroxylation sites is 1. The van der Waals surface area contributed by atoms with Gasteiger partial charge in [-0.2, -0.15) is 0 Å². The maximum absolute atomic E-state index is 13.9. The fourth-order valence-electron chi connectivity index (χ4n) is 3.00. The Morgan fingerprint density at radius 1 is 1.25 bits per heavy atom. The lowest BCUT2D eigenvalue weighted by atomic mass is 9.91. The van der Waals surface area contributed by atoms with Crippen LogP contribution >= 0.6 is 0 Å². The number of anilines is 1. The van der Waals surface area contributed by atoms with Gasteiger partial charge in [-0.15, -0.1) is 0 Å². The number of nitrogens with one attached hydrogen (secondary N) is 1. The molecule has 0 aromatic heterocycles. The van der Waals surface area contributed by atoms with E-state index in [4.69, 9.17) is 4.74 Å². The summed E-state index contributed by atoms with van der Waals surface area (Å²) < 4.78 is 19.6. The number of morpholine rings is 1. The van der Waals surface area contributed by atoms with Crippen LogP contribution in [0.3, 0.4) is 0 Å². The first-order valence-electron chi connectivity index (χ1n) is 7.13. The summed E-state index contributed by atoms with van der Waals surface area (Å²) in [5.41, 5.74) is 0.361. The molecule has 0 saturated carbocycles. The molecule has 4 nitrogen and oxygen atoms in total. The zero-order valence-electron chi connectivity index (χ0n) is 11.3. The number of hydrogen-bond donors (Lipinski definition) is 1. The molecule has 2 saturated heterocycles. The maximum Gasteiger partial charge on any atom is 0.253 e. The van der Waals surface area contributed by atoms with E-state index >= 15 is 0 Å². The maximum atomic E-state index is 13.9. The molecule has 1 unspecified atom stereocenters. The normalized spacial score (nSPS) is 24.9. The second kappa shape index (κ2) is 5.89. The van der Waals surface area contributed by atoms with E-state index in [1.54, 1.807) is 18.2 Å². The average Bonchev–Trinajstić information content (AvgIpc) is 2.49. The van der Waals surface area contributed by atoms with Crippen LogP contribution in [0.15, 0.2) is 24.3 Å². The second-order valence-electron chi connectivity index (χ2n) is 5.39. The van der Waals surface area contributed by atoms with Crippen molar-refractivity contribution in [1.29, 1.82) is 0 Å². The molecule has 1 aromatic rings. The summed E-state index contributed by atoms with van der Waals surface area (Å²) in [5.74, 6) is -0.0780. The number of nitrogens with zero attached hydrogens (tertiary/aromatic N) is 1. The van der Waals surface area contributed by atoms with E-state index in [0.717, 1.165) is 25.9 Å². The van der Waals surface area contributed by atoms with Gasteiger partial charge in [0.25, 0.3) is 5.91 Å². The van der Waals surface area contributed by atoms with Crippen LogP contribution in [-0.4, -0.2) is 38.3 Å². The summed E-state index contributed by atoms with van der Waals surface area (Å²) in [5, 5.41) is 3.32. The van der Waals surface area contributed by atoms with E-state index in [-0.39, 0.29) is 24.4 Å². The molecule has 20 heavy (non-hydrogen) atoms. The molecule has 3 rings (SSSR count). The summed E-state index contributed by atoms with van der Waals surface area (Å²) in [6.45, 7) is 2.46. The molecule has 2 fully saturated rings. The lowest BCUT2D eigenvalue weighted by molar-refractivity contribution is -0.131. The van der Waals surface area contributed by atoms with E-state index in [0.29, 0.717) is 18.2 Å². The molecule has 0 bridgehead atoms. The van der Waals surface area contributed by atoms with Gasteiger partial charge in [0, 0.05) is 0 Å². The Kier molecular flexibility index (Phi) is 3.98. The molecule has 1 aromatic carbocycles. The SMILES string of the molecule is O=C1COC(C2CCNCC2)CN1c1ccccc1F. The molecular formula is C15H19FN2O2. The molecule has 2 aliphatic rings. The highest BCUT2D eigenvalue weighted by Gasteiger charge is 2.34. The van der Waals surface area contributed by atoms with E-state index in [1.807, 2.05) is 0 Å². The van der Waals surface area contributed by atoms with E-state index < -0.39 is 0 Å². The van der Waals surface area contributed by atoms with Crippen LogP contribution in [0.1, 0.15) is 12.8 Å². The molecule has 0 aliphatic carbocycles. The van der Waals surface area contributed by atoms with Crippen molar-refractivity contribution in [2.24, 2.45) is 5.92 Å². The van der Waals surface area contributed by atoms with Crippen molar-refractivity contribution in [2.45, 2.75) is 18.9 Å². The van der Waals surface area contributed by atoms with Gasteiger partial charge in [-0.05, 0) is 44.0 Å². The molecule has 0 spiro atoms. The zero-order valence-corrected chi connectivity index (χ0v) is 11.3. The van der Waals surface area contributed by atoms with Crippen LogP contribution in [0, 0.1) is 11.7 Å². The minimum atomic E-state index is -0.355. The monoisotopic (exact) mass is 278 g/mol. The second-order valence-corrected chi connectivity index (χ2v) is 5.39. The van der Waals surface area contributed by atoms with Gasteiger partial charge >= 0.3 is 0 Å². The first kappa shape index (κ1) is 13.5. The molecule has 0 radical (unpaired) electrons. The Bertz CT molecular complexity index is 489. The Morgan fingerprint density at radius 2 is 2.00 bits per heavy atom. The third-order valence-corrected chi connectivity index (χ3v) is 4.14. The number of piperidine rings is 1. The highest BCUT2D eigenvalue weighted by Crippen LogP contribution is 2.27. The number of benzene rings is 1. The predicted octanol–water partition coefficient (Wildman–Crippen LogP) is 1.56. The third kappa shape index (κ3) is 2.69. The smallest absolute Gasteiger partial charge is 0.253 e. The van der Waals surface area contributed by atoms with Crippen molar-refractivity contribution in [2.75, 3.05) is 31.1 Å². The van der Waals surface area contributed by atoms with Crippen LogP contribution in [-0.2, 0) is 9.53 Å². The van der Waals surface area contributed by atoms with Gasteiger partial charge in [-0.25, -0.2) is 4.39 Å². The molecular weight excluding hydrogens is 259 g/mol. The van der Waals surface area contributed by atoms with Crippen molar-refractivity contribution in [3.05, 3.63) is 30.1 Å². The van der Waals surface area contributed by atoms with Crippen LogP contribution in [0.5, 0.6) is 0 Å². The first-order valence-corrected chi connectivity index (χ1v) is 7.13. The number of amides is 1. The summed E-state index contributed by atoms with van der Waals surface area (Å²) in [7, 11) is 0.